The molecule has 0 radical (unpaired) electrons. The van der Waals surface area contributed by atoms with Crippen molar-refractivity contribution in [2.24, 2.45) is 5.92 Å². The molecular weight excluding hydrogens is 302 g/mol. The molecule has 5 heteroatoms. The molecule has 0 unspecified atom stereocenters. The number of esters is 1. The number of fused-ring (bicyclic) bond motifs is 6. The largest absolute Gasteiger partial charge is 0.465 e. The average Bonchev–Trinajstić information content (AvgIpc) is 3.15. The first-order chi connectivity index (χ1) is 11.6. The molecule has 2 aliphatic rings. The first-order valence-corrected chi connectivity index (χ1v) is 8.38. The smallest absolute Gasteiger partial charge is 0.337 e. The molecule has 2 aliphatic carbocycles. The van der Waals surface area contributed by atoms with E-state index in [0.717, 1.165) is 34.6 Å². The number of carbonyl (C=O) groups is 1. The summed E-state index contributed by atoms with van der Waals surface area (Å²) < 4.78 is 4.89. The number of aromatic nitrogens is 3. The van der Waals surface area contributed by atoms with E-state index in [0.29, 0.717) is 5.56 Å². The molecule has 2 heterocycles. The molecule has 0 saturated heterocycles. The minimum atomic E-state index is -0.291. The summed E-state index contributed by atoms with van der Waals surface area (Å²) in [5.74, 6) is 0.445. The van der Waals surface area contributed by atoms with Crippen LogP contribution in [0.25, 0.3) is 22.3 Å². The number of hydrogen-bond acceptors (Lipinski definition) is 3. The fourth-order valence-electron chi connectivity index (χ4n) is 4.91. The van der Waals surface area contributed by atoms with Crippen LogP contribution in [0.4, 0.5) is 0 Å². The molecule has 0 amide bonds. The first-order valence-electron chi connectivity index (χ1n) is 8.38. The Kier molecular flexibility index (Phi) is 2.59. The third kappa shape index (κ3) is 1.64. The molecule has 3 aromatic rings. The fourth-order valence-corrected chi connectivity index (χ4v) is 4.91. The minimum Gasteiger partial charge on any atom is -0.465 e. The lowest BCUT2D eigenvalue weighted by Crippen LogP contribution is -2.43. The molecule has 24 heavy (non-hydrogen) atoms. The lowest BCUT2D eigenvalue weighted by atomic mass is 9.54. The van der Waals surface area contributed by atoms with E-state index in [1.165, 1.54) is 31.1 Å². The van der Waals surface area contributed by atoms with Crippen molar-refractivity contribution >= 4 is 16.9 Å². The van der Waals surface area contributed by atoms with Crippen LogP contribution in [-0.2, 0) is 16.6 Å². The molecule has 0 aliphatic heterocycles. The van der Waals surface area contributed by atoms with E-state index in [9.17, 15) is 4.79 Å². The van der Waals surface area contributed by atoms with Gasteiger partial charge in [0.05, 0.1) is 30.3 Å². The summed E-state index contributed by atoms with van der Waals surface area (Å²) in [6.45, 7) is 2.31. The molecule has 1 saturated carbocycles. The van der Waals surface area contributed by atoms with E-state index in [-0.39, 0.29) is 11.4 Å². The quantitative estimate of drug-likeness (QED) is 0.673. The third-order valence-corrected chi connectivity index (χ3v) is 5.73. The van der Waals surface area contributed by atoms with Gasteiger partial charge in [0.15, 0.2) is 0 Å². The van der Waals surface area contributed by atoms with E-state index in [2.05, 4.69) is 22.1 Å². The highest BCUT2D eigenvalue weighted by atomic mass is 16.5. The Morgan fingerprint density at radius 1 is 1.33 bits per heavy atom. The van der Waals surface area contributed by atoms with Crippen molar-refractivity contribution in [2.45, 2.75) is 31.6 Å². The highest BCUT2D eigenvalue weighted by Gasteiger charge is 2.49. The van der Waals surface area contributed by atoms with Crippen LogP contribution < -0.4 is 0 Å². The summed E-state index contributed by atoms with van der Waals surface area (Å²) in [6, 6.07) is 5.77. The summed E-state index contributed by atoms with van der Waals surface area (Å²) in [5.41, 5.74) is 6.69. The van der Waals surface area contributed by atoms with Gasteiger partial charge in [0, 0.05) is 21.9 Å². The van der Waals surface area contributed by atoms with E-state index >= 15 is 0 Å². The number of H-pyrrole nitrogens is 2. The molecule has 5 nitrogen and oxygen atoms in total. The molecule has 1 spiro atoms. The Labute approximate surface area is 139 Å². The van der Waals surface area contributed by atoms with Gasteiger partial charge in [-0.3, -0.25) is 5.10 Å². The van der Waals surface area contributed by atoms with Crippen molar-refractivity contribution in [1.29, 1.82) is 0 Å². The maximum Gasteiger partial charge on any atom is 0.337 e. The second kappa shape index (κ2) is 4.50. The number of benzene rings is 1. The highest BCUT2D eigenvalue weighted by molar-refractivity contribution is 5.99. The minimum absolute atomic E-state index is 0.165. The molecule has 2 aromatic heterocycles. The maximum atomic E-state index is 12.0. The zero-order valence-electron chi connectivity index (χ0n) is 13.8. The normalized spacial score (nSPS) is 24.5. The Hall–Kier alpha value is -2.56. The van der Waals surface area contributed by atoms with Crippen LogP contribution in [0.5, 0.6) is 0 Å². The molecule has 1 fully saturated rings. The van der Waals surface area contributed by atoms with Crippen LogP contribution in [0.1, 0.15) is 41.3 Å². The van der Waals surface area contributed by atoms with E-state index in [4.69, 9.17) is 4.74 Å². The molecule has 5 rings (SSSR count). The van der Waals surface area contributed by atoms with Crippen LogP contribution in [0.2, 0.25) is 0 Å². The summed E-state index contributed by atoms with van der Waals surface area (Å²) >= 11 is 0. The lowest BCUT2D eigenvalue weighted by Gasteiger charge is -2.49. The van der Waals surface area contributed by atoms with Crippen LogP contribution in [0.15, 0.2) is 24.4 Å². The molecule has 1 aromatic carbocycles. The predicted octanol–water partition coefficient (Wildman–Crippen LogP) is 3.57. The van der Waals surface area contributed by atoms with E-state index in [1.54, 1.807) is 0 Å². The molecular formula is C19H19N3O2. The van der Waals surface area contributed by atoms with Gasteiger partial charge >= 0.3 is 5.97 Å². The van der Waals surface area contributed by atoms with Gasteiger partial charge in [-0.2, -0.15) is 5.10 Å². The Morgan fingerprint density at radius 2 is 2.17 bits per heavy atom. The van der Waals surface area contributed by atoms with Gasteiger partial charge in [0.2, 0.25) is 0 Å². The van der Waals surface area contributed by atoms with Crippen LogP contribution in [0.3, 0.4) is 0 Å². The standard InChI is InChI=1S/C19H19N3O2/c1-10-6-19(7-10)8-12-9-20-22-16(12)17-15(19)13-5-11(18(23)24-2)3-4-14(13)21-17/h3-5,9-10,21H,6-8H2,1-2H3,(H,20,22). The van der Waals surface area contributed by atoms with Crippen LogP contribution >= 0.6 is 0 Å². The molecule has 122 valence electrons. The SMILES string of the molecule is COC(=O)c1ccc2[nH]c3c(c2c1)C1(Cc2cn[nH]c2-3)CC(C)C1. The number of ether oxygens (including phenoxy) is 1. The van der Waals surface area contributed by atoms with Crippen molar-refractivity contribution in [1.82, 2.24) is 15.2 Å². The molecule has 0 atom stereocenters. The van der Waals surface area contributed by atoms with Crippen LogP contribution in [-0.4, -0.2) is 28.3 Å². The Bertz CT molecular complexity index is 976. The van der Waals surface area contributed by atoms with Gasteiger partial charge in [-0.25, -0.2) is 4.79 Å². The number of nitrogens with zero attached hydrogens (tertiary/aromatic N) is 1. The first kappa shape index (κ1) is 13.8. The highest BCUT2D eigenvalue weighted by Crippen LogP contribution is 2.57. The summed E-state index contributed by atoms with van der Waals surface area (Å²) in [4.78, 5) is 15.5. The number of methoxy groups -OCH3 is 1. The average molecular weight is 321 g/mol. The number of rotatable bonds is 1. The number of hydrogen-bond donors (Lipinski definition) is 2. The monoisotopic (exact) mass is 321 g/mol. The zero-order valence-corrected chi connectivity index (χ0v) is 13.8. The second-order valence-electron chi connectivity index (χ2n) is 7.37. The van der Waals surface area contributed by atoms with Gasteiger partial charge in [0.1, 0.15) is 0 Å². The fraction of sp³-hybridized carbons (Fsp3) is 0.368. The summed E-state index contributed by atoms with van der Waals surface area (Å²) in [6.07, 6.45) is 5.33. The maximum absolute atomic E-state index is 12.0. The lowest BCUT2D eigenvalue weighted by molar-refractivity contribution is 0.0601. The second-order valence-corrected chi connectivity index (χ2v) is 7.37. The molecule has 0 bridgehead atoms. The Morgan fingerprint density at radius 3 is 2.92 bits per heavy atom. The van der Waals surface area contributed by atoms with Crippen molar-refractivity contribution in [3.05, 3.63) is 41.1 Å². The van der Waals surface area contributed by atoms with Crippen molar-refractivity contribution in [2.75, 3.05) is 7.11 Å². The van der Waals surface area contributed by atoms with E-state index in [1.807, 2.05) is 24.4 Å². The predicted molar refractivity (Wildman–Crippen MR) is 91.0 cm³/mol. The van der Waals surface area contributed by atoms with Gasteiger partial charge in [0.25, 0.3) is 0 Å². The molecule has 2 N–H and O–H groups in total. The van der Waals surface area contributed by atoms with Crippen molar-refractivity contribution in [3.8, 4) is 11.4 Å². The Balaban J connectivity index is 1.80. The zero-order chi connectivity index (χ0) is 16.5. The van der Waals surface area contributed by atoms with Crippen LogP contribution in [0, 0.1) is 5.92 Å². The van der Waals surface area contributed by atoms with Gasteiger partial charge in [-0.15, -0.1) is 0 Å². The van der Waals surface area contributed by atoms with Gasteiger partial charge in [-0.1, -0.05) is 6.92 Å². The topological polar surface area (TPSA) is 70.8 Å². The number of carbonyl (C=O) groups excluding carboxylic acids is 1. The van der Waals surface area contributed by atoms with Gasteiger partial charge in [-0.05, 0) is 48.9 Å². The van der Waals surface area contributed by atoms with Gasteiger partial charge < -0.3 is 9.72 Å². The van der Waals surface area contributed by atoms with Crippen molar-refractivity contribution in [3.63, 3.8) is 0 Å². The van der Waals surface area contributed by atoms with Crippen molar-refractivity contribution < 1.29 is 9.53 Å². The number of nitrogens with one attached hydrogen (secondary N) is 2. The van der Waals surface area contributed by atoms with E-state index < -0.39 is 0 Å². The summed E-state index contributed by atoms with van der Waals surface area (Å²) in [5, 5.41) is 8.54. The third-order valence-electron chi connectivity index (χ3n) is 5.73. The summed E-state index contributed by atoms with van der Waals surface area (Å²) in [7, 11) is 1.42. The number of aromatic amines is 2.